The molecule has 0 aromatic heterocycles. The summed E-state index contributed by atoms with van der Waals surface area (Å²) < 4.78 is 5.45. The molecule has 114 valence electrons. The van der Waals surface area contributed by atoms with Crippen LogP contribution in [0.5, 0.6) is 0 Å². The lowest BCUT2D eigenvalue weighted by atomic mass is 9.88. The summed E-state index contributed by atoms with van der Waals surface area (Å²) in [6, 6.07) is 11.2. The fourth-order valence-corrected chi connectivity index (χ4v) is 3.62. The topological polar surface area (TPSA) is 12.5 Å². The first-order valence-electron chi connectivity index (χ1n) is 7.77. The summed E-state index contributed by atoms with van der Waals surface area (Å²) in [5.74, 6) is 0. The molecule has 0 bridgehead atoms. The average Bonchev–Trinajstić information content (AvgIpc) is 2.80. The zero-order valence-electron chi connectivity index (χ0n) is 13.1. The molecule has 1 atom stereocenters. The van der Waals surface area contributed by atoms with E-state index >= 15 is 0 Å². The van der Waals surface area contributed by atoms with Gasteiger partial charge in [0.05, 0.1) is 6.61 Å². The monoisotopic (exact) mass is 285 g/mol. The van der Waals surface area contributed by atoms with Gasteiger partial charge in [0.15, 0.2) is 0 Å². The second-order valence-corrected chi connectivity index (χ2v) is 5.97. The third kappa shape index (κ3) is 3.63. The van der Waals surface area contributed by atoms with Crippen molar-refractivity contribution in [2.45, 2.75) is 43.8 Å². The van der Waals surface area contributed by atoms with Gasteiger partial charge in [0, 0.05) is 25.2 Å². The number of nitrogens with zero attached hydrogens (tertiary/aromatic N) is 1. The summed E-state index contributed by atoms with van der Waals surface area (Å²) in [5, 5.41) is 0. The molecule has 1 saturated heterocycles. The van der Waals surface area contributed by atoms with Crippen LogP contribution in [0.2, 0.25) is 0 Å². The first-order valence-corrected chi connectivity index (χ1v) is 7.77. The van der Waals surface area contributed by atoms with Crippen molar-refractivity contribution in [2.24, 2.45) is 0 Å². The third-order valence-corrected chi connectivity index (χ3v) is 4.60. The van der Waals surface area contributed by atoms with E-state index in [2.05, 4.69) is 60.5 Å². The fraction of sp³-hybridized carbons (Fsp3) is 0.474. The maximum Gasteiger partial charge on any atom is 0.0618 e. The van der Waals surface area contributed by atoms with Gasteiger partial charge in [0.25, 0.3) is 0 Å². The Hall–Kier alpha value is -1.38. The molecule has 0 radical (unpaired) electrons. The highest BCUT2D eigenvalue weighted by Gasteiger charge is 2.44. The maximum absolute atomic E-state index is 5.45. The van der Waals surface area contributed by atoms with Crippen LogP contribution in [0.15, 0.2) is 55.6 Å². The molecule has 0 spiro atoms. The molecule has 1 aliphatic rings. The molecule has 0 aliphatic carbocycles. The Bertz CT molecular complexity index is 444. The molecule has 2 nitrogen and oxygen atoms in total. The van der Waals surface area contributed by atoms with Crippen LogP contribution in [0, 0.1) is 0 Å². The minimum atomic E-state index is 0.155. The van der Waals surface area contributed by atoms with Crippen molar-refractivity contribution in [3.63, 3.8) is 0 Å². The smallest absolute Gasteiger partial charge is 0.0618 e. The van der Waals surface area contributed by atoms with Crippen LogP contribution in [0.25, 0.3) is 0 Å². The molecule has 1 heterocycles. The van der Waals surface area contributed by atoms with Crippen molar-refractivity contribution in [1.82, 2.24) is 4.90 Å². The second kappa shape index (κ2) is 7.58. The van der Waals surface area contributed by atoms with Crippen molar-refractivity contribution in [1.29, 1.82) is 0 Å². The van der Waals surface area contributed by atoms with Gasteiger partial charge in [-0.15, -0.1) is 13.2 Å². The first kappa shape index (κ1) is 16.0. The van der Waals surface area contributed by atoms with Gasteiger partial charge in [-0.2, -0.15) is 0 Å². The summed E-state index contributed by atoms with van der Waals surface area (Å²) >= 11 is 0. The lowest BCUT2D eigenvalue weighted by Crippen LogP contribution is -2.47. The number of ether oxygens (including phenoxy) is 1. The van der Waals surface area contributed by atoms with Crippen molar-refractivity contribution >= 4 is 0 Å². The van der Waals surface area contributed by atoms with Gasteiger partial charge in [-0.25, -0.2) is 0 Å². The molecular weight excluding hydrogens is 258 g/mol. The van der Waals surface area contributed by atoms with E-state index in [-0.39, 0.29) is 5.54 Å². The highest BCUT2D eigenvalue weighted by atomic mass is 16.5. The molecular formula is C19H27NO. The van der Waals surface area contributed by atoms with E-state index in [9.17, 15) is 0 Å². The third-order valence-electron chi connectivity index (χ3n) is 4.60. The Morgan fingerprint density at radius 3 is 2.48 bits per heavy atom. The predicted octanol–water partition coefficient (Wildman–Crippen LogP) is 4.19. The quantitative estimate of drug-likeness (QED) is 0.664. The Morgan fingerprint density at radius 1 is 1.24 bits per heavy atom. The fourth-order valence-electron chi connectivity index (χ4n) is 3.62. The van der Waals surface area contributed by atoms with Gasteiger partial charge in [-0.1, -0.05) is 42.5 Å². The second-order valence-electron chi connectivity index (χ2n) is 5.97. The molecule has 0 unspecified atom stereocenters. The van der Waals surface area contributed by atoms with Crippen LogP contribution in [0.1, 0.15) is 31.2 Å². The average molecular weight is 285 g/mol. The number of rotatable bonds is 8. The number of methoxy groups -OCH3 is 1. The number of hydrogen-bond donors (Lipinski definition) is 0. The molecule has 1 aliphatic heterocycles. The minimum absolute atomic E-state index is 0.155. The number of hydrogen-bond acceptors (Lipinski definition) is 2. The zero-order chi connectivity index (χ0) is 15.1. The van der Waals surface area contributed by atoms with E-state index < -0.39 is 0 Å². The summed E-state index contributed by atoms with van der Waals surface area (Å²) in [7, 11) is 1.79. The van der Waals surface area contributed by atoms with Crippen molar-refractivity contribution < 1.29 is 4.74 Å². The van der Waals surface area contributed by atoms with Crippen LogP contribution in [0.4, 0.5) is 0 Å². The maximum atomic E-state index is 5.45. The lowest BCUT2D eigenvalue weighted by Gasteiger charge is -2.40. The van der Waals surface area contributed by atoms with Crippen molar-refractivity contribution in [3.05, 3.63) is 61.2 Å². The van der Waals surface area contributed by atoms with E-state index in [0.717, 1.165) is 26.0 Å². The van der Waals surface area contributed by atoms with Crippen LogP contribution in [-0.2, 0) is 11.3 Å². The van der Waals surface area contributed by atoms with Gasteiger partial charge in [-0.05, 0) is 31.2 Å². The molecule has 2 heteroatoms. The standard InChI is InChI=1S/C19H27NO/c1-4-12-19(13-5-2)14-11-18(16-21-3)20(19)15-17-9-7-6-8-10-17/h4-10,18H,1-2,11-16H2,3H3/t18-/m1/s1. The normalized spacial score (nSPS) is 21.3. The van der Waals surface area contributed by atoms with E-state index in [1.165, 1.54) is 18.4 Å². The van der Waals surface area contributed by atoms with Crippen LogP contribution in [-0.4, -0.2) is 30.2 Å². The summed E-state index contributed by atoms with van der Waals surface area (Å²) in [4.78, 5) is 2.62. The first-order chi connectivity index (χ1) is 10.3. The molecule has 1 fully saturated rings. The molecule has 2 rings (SSSR count). The Morgan fingerprint density at radius 2 is 1.90 bits per heavy atom. The highest BCUT2D eigenvalue weighted by molar-refractivity contribution is 5.17. The molecule has 0 saturated carbocycles. The van der Waals surface area contributed by atoms with E-state index in [1.807, 2.05) is 0 Å². The van der Waals surface area contributed by atoms with Gasteiger partial charge < -0.3 is 4.74 Å². The number of benzene rings is 1. The van der Waals surface area contributed by atoms with Crippen LogP contribution < -0.4 is 0 Å². The lowest BCUT2D eigenvalue weighted by molar-refractivity contribution is 0.0476. The predicted molar refractivity (Wildman–Crippen MR) is 89.2 cm³/mol. The SMILES string of the molecule is C=CCC1(CC=C)CC[C@H](COC)N1Cc1ccccc1. The van der Waals surface area contributed by atoms with E-state index in [4.69, 9.17) is 4.74 Å². The van der Waals surface area contributed by atoms with Gasteiger partial charge in [0.1, 0.15) is 0 Å². The Balaban J connectivity index is 2.25. The summed E-state index contributed by atoms with van der Waals surface area (Å²) in [6.07, 6.45) is 8.49. The van der Waals surface area contributed by atoms with Gasteiger partial charge in [-0.3, -0.25) is 4.90 Å². The minimum Gasteiger partial charge on any atom is -0.383 e. The summed E-state index contributed by atoms with van der Waals surface area (Å²) in [6.45, 7) is 9.71. The highest BCUT2D eigenvalue weighted by Crippen LogP contribution is 2.41. The molecule has 0 N–H and O–H groups in total. The van der Waals surface area contributed by atoms with Crippen molar-refractivity contribution in [3.8, 4) is 0 Å². The van der Waals surface area contributed by atoms with Crippen LogP contribution in [0.3, 0.4) is 0 Å². The molecule has 21 heavy (non-hydrogen) atoms. The van der Waals surface area contributed by atoms with Gasteiger partial charge in [0.2, 0.25) is 0 Å². The van der Waals surface area contributed by atoms with E-state index in [1.54, 1.807) is 7.11 Å². The Kier molecular flexibility index (Phi) is 5.77. The molecule has 1 aromatic rings. The van der Waals surface area contributed by atoms with Crippen molar-refractivity contribution in [2.75, 3.05) is 13.7 Å². The van der Waals surface area contributed by atoms with Crippen LogP contribution >= 0.6 is 0 Å². The Labute approximate surface area is 129 Å². The van der Waals surface area contributed by atoms with Gasteiger partial charge >= 0.3 is 0 Å². The zero-order valence-corrected chi connectivity index (χ0v) is 13.1. The molecule has 1 aromatic carbocycles. The largest absolute Gasteiger partial charge is 0.383 e. The molecule has 0 amide bonds. The number of likely N-dealkylation sites (tertiary alicyclic amines) is 1. The summed E-state index contributed by atoms with van der Waals surface area (Å²) in [5.41, 5.74) is 1.51. The van der Waals surface area contributed by atoms with E-state index in [0.29, 0.717) is 6.04 Å².